The number of rotatable bonds is 3. The number of imide groups is 1. The maximum atomic E-state index is 10.8. The third-order valence-corrected chi connectivity index (χ3v) is 1.00. The van der Waals surface area contributed by atoms with Crippen molar-refractivity contribution in [1.29, 1.82) is 0 Å². The zero-order valence-electron chi connectivity index (χ0n) is 7.03. The summed E-state index contributed by atoms with van der Waals surface area (Å²) in [6.45, 7) is 4.73. The Hall–Kier alpha value is -1.91. The topological polar surface area (TPSA) is 83.5 Å². The van der Waals surface area contributed by atoms with Crippen molar-refractivity contribution < 1.29 is 19.5 Å². The highest BCUT2D eigenvalue weighted by molar-refractivity contribution is 6.08. The molecule has 5 nitrogen and oxygen atoms in total. The van der Waals surface area contributed by atoms with Gasteiger partial charge in [0.15, 0.2) is 0 Å². The van der Waals surface area contributed by atoms with Gasteiger partial charge in [-0.25, -0.2) is 4.79 Å². The highest BCUT2D eigenvalue weighted by atomic mass is 16.4. The van der Waals surface area contributed by atoms with Crippen LogP contribution in [0.3, 0.4) is 0 Å². The fraction of sp³-hybridized carbons (Fsp3) is 0.125. The van der Waals surface area contributed by atoms with E-state index in [4.69, 9.17) is 5.11 Å². The highest BCUT2D eigenvalue weighted by Crippen LogP contribution is 1.85. The molecule has 5 heteroatoms. The molecule has 0 rings (SSSR count). The first kappa shape index (κ1) is 11.1. The molecule has 0 saturated heterocycles. The van der Waals surface area contributed by atoms with E-state index in [1.54, 1.807) is 0 Å². The molecule has 0 unspecified atom stereocenters. The number of nitrogens with one attached hydrogen (secondary N) is 1. The molecule has 0 aliphatic rings. The summed E-state index contributed by atoms with van der Waals surface area (Å²) < 4.78 is 0. The maximum Gasteiger partial charge on any atom is 0.328 e. The van der Waals surface area contributed by atoms with Crippen molar-refractivity contribution >= 4 is 17.8 Å². The summed E-state index contributed by atoms with van der Waals surface area (Å²) in [7, 11) is 0. The number of amides is 2. The van der Waals surface area contributed by atoms with Crippen LogP contribution in [0.4, 0.5) is 0 Å². The first-order valence-electron chi connectivity index (χ1n) is 3.35. The number of carboxylic acid groups (broad SMARTS) is 1. The van der Waals surface area contributed by atoms with Gasteiger partial charge in [-0.2, -0.15) is 0 Å². The van der Waals surface area contributed by atoms with E-state index in [0.717, 1.165) is 6.08 Å². The molecule has 0 aliphatic carbocycles. The second-order valence-electron chi connectivity index (χ2n) is 2.27. The first-order chi connectivity index (χ1) is 5.93. The summed E-state index contributed by atoms with van der Waals surface area (Å²) in [4.78, 5) is 31.5. The molecule has 0 spiro atoms. The van der Waals surface area contributed by atoms with Crippen LogP contribution in [-0.4, -0.2) is 22.9 Å². The highest BCUT2D eigenvalue weighted by Gasteiger charge is 2.04. The maximum absolute atomic E-state index is 10.8. The van der Waals surface area contributed by atoms with E-state index in [0.29, 0.717) is 6.08 Å². The van der Waals surface area contributed by atoms with Crippen LogP contribution in [0.5, 0.6) is 0 Å². The Kier molecular flexibility index (Phi) is 4.15. The Morgan fingerprint density at radius 1 is 1.31 bits per heavy atom. The molecule has 0 aromatic rings. The van der Waals surface area contributed by atoms with Crippen molar-refractivity contribution in [1.82, 2.24) is 5.32 Å². The Labute approximate surface area is 74.7 Å². The molecule has 2 amide bonds. The van der Waals surface area contributed by atoms with E-state index >= 15 is 0 Å². The molecule has 70 valence electrons. The SMILES string of the molecule is C=C(C)C(=O)NC(=O)/C=C\C(=O)O. The van der Waals surface area contributed by atoms with Crippen LogP contribution in [0.2, 0.25) is 0 Å². The third kappa shape index (κ3) is 5.37. The Balaban J connectivity index is 4.10. The molecule has 0 aromatic carbocycles. The minimum Gasteiger partial charge on any atom is -0.478 e. The minimum absolute atomic E-state index is 0.178. The van der Waals surface area contributed by atoms with E-state index in [2.05, 4.69) is 6.58 Å². The second-order valence-corrected chi connectivity index (χ2v) is 2.27. The lowest BCUT2D eigenvalue weighted by Gasteiger charge is -1.97. The molecular weight excluding hydrogens is 174 g/mol. The lowest BCUT2D eigenvalue weighted by Crippen LogP contribution is -2.29. The molecule has 2 N–H and O–H groups in total. The molecule has 0 saturated carbocycles. The van der Waals surface area contributed by atoms with E-state index < -0.39 is 17.8 Å². The summed E-state index contributed by atoms with van der Waals surface area (Å²) in [6, 6.07) is 0. The number of carbonyl (C=O) groups is 3. The standard InChI is InChI=1S/C8H9NO4/c1-5(2)8(13)9-6(10)3-4-7(11)12/h3-4H,1H2,2H3,(H,11,12)(H,9,10,13)/b4-3-. The van der Waals surface area contributed by atoms with Gasteiger partial charge in [0, 0.05) is 17.7 Å². The summed E-state index contributed by atoms with van der Waals surface area (Å²) in [5.41, 5.74) is 0.178. The van der Waals surface area contributed by atoms with Crippen LogP contribution in [0.15, 0.2) is 24.3 Å². The van der Waals surface area contributed by atoms with E-state index in [-0.39, 0.29) is 5.57 Å². The quantitative estimate of drug-likeness (QED) is 0.596. The molecule has 0 atom stereocenters. The molecule has 0 fully saturated rings. The van der Waals surface area contributed by atoms with E-state index in [1.165, 1.54) is 6.92 Å². The number of hydrogen-bond donors (Lipinski definition) is 2. The van der Waals surface area contributed by atoms with Crippen LogP contribution in [0.25, 0.3) is 0 Å². The van der Waals surface area contributed by atoms with Gasteiger partial charge in [0.05, 0.1) is 0 Å². The van der Waals surface area contributed by atoms with Gasteiger partial charge in [0.2, 0.25) is 0 Å². The summed E-state index contributed by atoms with van der Waals surface area (Å²) >= 11 is 0. The second kappa shape index (κ2) is 4.87. The first-order valence-corrected chi connectivity index (χ1v) is 3.35. The molecule has 0 aromatic heterocycles. The van der Waals surface area contributed by atoms with Crippen molar-refractivity contribution in [3.05, 3.63) is 24.3 Å². The van der Waals surface area contributed by atoms with Crippen LogP contribution in [0, 0.1) is 0 Å². The fourth-order valence-corrected chi connectivity index (χ4v) is 0.407. The Morgan fingerprint density at radius 3 is 2.23 bits per heavy atom. The average molecular weight is 183 g/mol. The largest absolute Gasteiger partial charge is 0.478 e. The van der Waals surface area contributed by atoms with Crippen LogP contribution >= 0.6 is 0 Å². The van der Waals surface area contributed by atoms with Crippen LogP contribution in [0.1, 0.15) is 6.92 Å². The van der Waals surface area contributed by atoms with Gasteiger partial charge in [-0.1, -0.05) is 6.58 Å². The van der Waals surface area contributed by atoms with E-state index in [9.17, 15) is 14.4 Å². The summed E-state index contributed by atoms with van der Waals surface area (Å²) in [5.74, 6) is -2.66. The van der Waals surface area contributed by atoms with Gasteiger partial charge in [0.25, 0.3) is 11.8 Å². The minimum atomic E-state index is -1.25. The molecule has 13 heavy (non-hydrogen) atoms. The lowest BCUT2D eigenvalue weighted by atomic mass is 10.3. The molecule has 0 bridgehead atoms. The number of aliphatic carboxylic acids is 1. The molecule has 0 heterocycles. The van der Waals surface area contributed by atoms with Gasteiger partial charge >= 0.3 is 5.97 Å². The predicted octanol–water partition coefficient (Wildman–Crippen LogP) is -0.154. The summed E-state index contributed by atoms with van der Waals surface area (Å²) in [6.07, 6.45) is 1.39. The van der Waals surface area contributed by atoms with Gasteiger partial charge in [0.1, 0.15) is 0 Å². The third-order valence-electron chi connectivity index (χ3n) is 1.00. The van der Waals surface area contributed by atoms with Crippen molar-refractivity contribution in [3.63, 3.8) is 0 Å². The van der Waals surface area contributed by atoms with Gasteiger partial charge in [-0.3, -0.25) is 14.9 Å². The average Bonchev–Trinajstić information content (AvgIpc) is 2.00. The molecule has 0 radical (unpaired) electrons. The van der Waals surface area contributed by atoms with Crippen molar-refractivity contribution in [2.75, 3.05) is 0 Å². The lowest BCUT2D eigenvalue weighted by molar-refractivity contribution is -0.132. The fourth-order valence-electron chi connectivity index (χ4n) is 0.407. The van der Waals surface area contributed by atoms with Gasteiger partial charge in [-0.15, -0.1) is 0 Å². The number of carboxylic acids is 1. The van der Waals surface area contributed by atoms with Crippen molar-refractivity contribution in [3.8, 4) is 0 Å². The predicted molar refractivity (Wildman–Crippen MR) is 44.7 cm³/mol. The Bertz CT molecular complexity index is 291. The van der Waals surface area contributed by atoms with Crippen molar-refractivity contribution in [2.45, 2.75) is 6.92 Å². The Morgan fingerprint density at radius 2 is 1.85 bits per heavy atom. The number of carbonyl (C=O) groups excluding carboxylic acids is 2. The summed E-state index contributed by atoms with van der Waals surface area (Å²) in [5, 5.41) is 10.0. The van der Waals surface area contributed by atoms with Crippen LogP contribution < -0.4 is 5.32 Å². The zero-order valence-corrected chi connectivity index (χ0v) is 7.03. The smallest absolute Gasteiger partial charge is 0.328 e. The van der Waals surface area contributed by atoms with Gasteiger partial charge < -0.3 is 5.11 Å². The van der Waals surface area contributed by atoms with E-state index in [1.807, 2.05) is 5.32 Å². The number of hydrogen-bond acceptors (Lipinski definition) is 3. The van der Waals surface area contributed by atoms with Crippen molar-refractivity contribution in [2.24, 2.45) is 0 Å². The van der Waals surface area contributed by atoms with Crippen LogP contribution in [-0.2, 0) is 14.4 Å². The molecular formula is C8H9NO4. The molecule has 0 aliphatic heterocycles. The normalized spacial score (nSPS) is 9.62. The zero-order chi connectivity index (χ0) is 10.4. The van der Waals surface area contributed by atoms with Gasteiger partial charge in [-0.05, 0) is 6.92 Å². The monoisotopic (exact) mass is 183 g/mol.